The Balaban J connectivity index is 2.28. The molecule has 0 saturated carbocycles. The van der Waals surface area contributed by atoms with E-state index in [1.807, 2.05) is 6.26 Å². The van der Waals surface area contributed by atoms with Gasteiger partial charge < -0.3 is 4.74 Å². The average Bonchev–Trinajstić information content (AvgIpc) is 2.78. The average molecular weight is 329 g/mol. The third-order valence-electron chi connectivity index (χ3n) is 3.39. The van der Waals surface area contributed by atoms with E-state index in [0.29, 0.717) is 5.56 Å². The van der Waals surface area contributed by atoms with Crippen molar-refractivity contribution in [2.75, 3.05) is 12.8 Å². The highest BCUT2D eigenvalue weighted by molar-refractivity contribution is 7.98. The Morgan fingerprint density at radius 1 is 1.36 bits per heavy atom. The van der Waals surface area contributed by atoms with Gasteiger partial charge in [-0.25, -0.2) is 13.6 Å². The van der Waals surface area contributed by atoms with Gasteiger partial charge >= 0.3 is 6.09 Å². The molecule has 1 aliphatic rings. The third-order valence-corrected chi connectivity index (χ3v) is 4.10. The highest BCUT2D eigenvalue weighted by Crippen LogP contribution is 2.36. The SMILES string of the molecule is CSc1cc(F)cc(C2CC(F)CN2C(=O)OC(C)(C)C)c1. The van der Waals surface area contributed by atoms with Crippen LogP contribution in [-0.2, 0) is 4.74 Å². The van der Waals surface area contributed by atoms with Crippen LogP contribution in [0.3, 0.4) is 0 Å². The van der Waals surface area contributed by atoms with Gasteiger partial charge in [-0.1, -0.05) is 0 Å². The van der Waals surface area contributed by atoms with Crippen molar-refractivity contribution in [2.45, 2.75) is 49.9 Å². The largest absolute Gasteiger partial charge is 0.444 e. The maximum Gasteiger partial charge on any atom is 0.410 e. The van der Waals surface area contributed by atoms with Gasteiger partial charge in [-0.05, 0) is 50.8 Å². The van der Waals surface area contributed by atoms with Crippen molar-refractivity contribution in [3.8, 4) is 0 Å². The topological polar surface area (TPSA) is 29.5 Å². The predicted octanol–water partition coefficient (Wildman–Crippen LogP) is 4.57. The summed E-state index contributed by atoms with van der Waals surface area (Å²) in [5.41, 5.74) is -0.0436. The molecule has 1 aromatic rings. The standard InChI is InChI=1S/C16H21F2NO2S/c1-16(2,3)21-15(20)19-9-12(18)8-14(19)10-5-11(17)7-13(6-10)22-4/h5-7,12,14H,8-9H2,1-4H3. The number of benzene rings is 1. The molecule has 2 unspecified atom stereocenters. The number of nitrogens with zero attached hydrogens (tertiary/aromatic N) is 1. The lowest BCUT2D eigenvalue weighted by molar-refractivity contribution is 0.0216. The maximum absolute atomic E-state index is 13.8. The minimum absolute atomic E-state index is 0.0231. The Labute approximate surface area is 134 Å². The molecule has 1 fully saturated rings. The number of thioether (sulfide) groups is 1. The van der Waals surface area contributed by atoms with Gasteiger partial charge in [-0.3, -0.25) is 4.90 Å². The van der Waals surface area contributed by atoms with Crippen molar-refractivity contribution in [2.24, 2.45) is 0 Å². The summed E-state index contributed by atoms with van der Waals surface area (Å²) in [6.07, 6.45) is 0.318. The van der Waals surface area contributed by atoms with E-state index in [1.165, 1.54) is 28.8 Å². The highest BCUT2D eigenvalue weighted by Gasteiger charge is 2.38. The zero-order chi connectivity index (χ0) is 16.5. The van der Waals surface area contributed by atoms with Gasteiger partial charge in [0.15, 0.2) is 0 Å². The van der Waals surface area contributed by atoms with E-state index >= 15 is 0 Å². The zero-order valence-corrected chi connectivity index (χ0v) is 14.0. The predicted molar refractivity (Wildman–Crippen MR) is 83.4 cm³/mol. The molecule has 2 atom stereocenters. The second kappa shape index (κ2) is 6.44. The molecule has 1 heterocycles. The molecule has 122 valence electrons. The monoisotopic (exact) mass is 329 g/mol. The number of carbonyl (C=O) groups is 1. The van der Waals surface area contributed by atoms with Crippen LogP contribution in [0, 0.1) is 5.82 Å². The first-order chi connectivity index (χ1) is 10.2. The van der Waals surface area contributed by atoms with Gasteiger partial charge in [-0.2, -0.15) is 0 Å². The fourth-order valence-electron chi connectivity index (χ4n) is 2.52. The van der Waals surface area contributed by atoms with Crippen molar-refractivity contribution in [3.05, 3.63) is 29.6 Å². The van der Waals surface area contributed by atoms with Gasteiger partial charge in [0.05, 0.1) is 12.6 Å². The van der Waals surface area contributed by atoms with Crippen LogP contribution < -0.4 is 0 Å². The van der Waals surface area contributed by atoms with E-state index in [1.54, 1.807) is 26.8 Å². The van der Waals surface area contributed by atoms with Gasteiger partial charge in [0.1, 0.15) is 17.6 Å². The number of halogens is 2. The van der Waals surface area contributed by atoms with E-state index in [-0.39, 0.29) is 18.8 Å². The quantitative estimate of drug-likeness (QED) is 0.745. The van der Waals surface area contributed by atoms with Gasteiger partial charge in [0.2, 0.25) is 0 Å². The Hall–Kier alpha value is -1.30. The first-order valence-corrected chi connectivity index (χ1v) is 8.40. The van der Waals surface area contributed by atoms with Crippen LogP contribution in [0.4, 0.5) is 13.6 Å². The van der Waals surface area contributed by atoms with Crippen molar-refractivity contribution in [1.29, 1.82) is 0 Å². The molecule has 2 rings (SSSR count). The highest BCUT2D eigenvalue weighted by atomic mass is 32.2. The third kappa shape index (κ3) is 4.12. The van der Waals surface area contributed by atoms with Gasteiger partial charge in [0.25, 0.3) is 0 Å². The Kier molecular flexibility index (Phi) is 5.00. The van der Waals surface area contributed by atoms with Crippen molar-refractivity contribution in [1.82, 2.24) is 4.90 Å². The van der Waals surface area contributed by atoms with Crippen LogP contribution in [0.2, 0.25) is 0 Å². The zero-order valence-electron chi connectivity index (χ0n) is 13.2. The number of ether oxygens (including phenoxy) is 1. The normalized spacial score (nSPS) is 22.0. The molecule has 0 aromatic heterocycles. The lowest BCUT2D eigenvalue weighted by atomic mass is 10.0. The molecule has 1 aliphatic heterocycles. The molecule has 1 amide bonds. The molecule has 0 bridgehead atoms. The summed E-state index contributed by atoms with van der Waals surface area (Å²) in [4.78, 5) is 14.4. The molecule has 0 aliphatic carbocycles. The summed E-state index contributed by atoms with van der Waals surface area (Å²) >= 11 is 1.41. The molecule has 22 heavy (non-hydrogen) atoms. The van der Waals surface area contributed by atoms with Crippen LogP contribution in [0.1, 0.15) is 38.8 Å². The smallest absolute Gasteiger partial charge is 0.410 e. The second-order valence-electron chi connectivity index (χ2n) is 6.41. The van der Waals surface area contributed by atoms with Crippen LogP contribution in [0.25, 0.3) is 0 Å². The van der Waals surface area contributed by atoms with Crippen LogP contribution in [-0.4, -0.2) is 35.6 Å². The minimum atomic E-state index is -1.13. The van der Waals surface area contributed by atoms with E-state index in [0.717, 1.165) is 4.90 Å². The molecule has 0 radical (unpaired) electrons. The molecular formula is C16H21F2NO2S. The number of rotatable bonds is 2. The maximum atomic E-state index is 13.8. The van der Waals surface area contributed by atoms with Crippen LogP contribution in [0.15, 0.2) is 23.1 Å². The summed E-state index contributed by atoms with van der Waals surface area (Å²) in [5.74, 6) is -0.381. The number of hydrogen-bond donors (Lipinski definition) is 0. The summed E-state index contributed by atoms with van der Waals surface area (Å²) < 4.78 is 32.9. The Bertz CT molecular complexity index is 560. The van der Waals surface area contributed by atoms with E-state index in [2.05, 4.69) is 0 Å². The second-order valence-corrected chi connectivity index (χ2v) is 7.29. The minimum Gasteiger partial charge on any atom is -0.444 e. The van der Waals surface area contributed by atoms with Crippen LogP contribution in [0.5, 0.6) is 0 Å². The summed E-state index contributed by atoms with van der Waals surface area (Å²) in [6.45, 7) is 5.26. The number of hydrogen-bond acceptors (Lipinski definition) is 3. The number of likely N-dealkylation sites (tertiary alicyclic amines) is 1. The molecular weight excluding hydrogens is 308 g/mol. The van der Waals surface area contributed by atoms with Crippen molar-refractivity contribution in [3.63, 3.8) is 0 Å². The van der Waals surface area contributed by atoms with E-state index in [4.69, 9.17) is 4.74 Å². The first kappa shape index (κ1) is 17.1. The molecule has 0 spiro atoms. The fraction of sp³-hybridized carbons (Fsp3) is 0.562. The number of amides is 1. The first-order valence-electron chi connectivity index (χ1n) is 7.18. The van der Waals surface area contributed by atoms with Gasteiger partial charge in [0, 0.05) is 11.3 Å². The molecule has 0 N–H and O–H groups in total. The van der Waals surface area contributed by atoms with E-state index in [9.17, 15) is 13.6 Å². The Morgan fingerprint density at radius 3 is 2.64 bits per heavy atom. The van der Waals surface area contributed by atoms with Crippen molar-refractivity contribution >= 4 is 17.9 Å². The molecule has 1 saturated heterocycles. The van der Waals surface area contributed by atoms with Crippen molar-refractivity contribution < 1.29 is 18.3 Å². The Morgan fingerprint density at radius 2 is 2.05 bits per heavy atom. The lowest BCUT2D eigenvalue weighted by Crippen LogP contribution is -2.37. The van der Waals surface area contributed by atoms with Crippen LogP contribution >= 0.6 is 11.8 Å². The number of alkyl halides is 1. The molecule has 1 aromatic carbocycles. The summed E-state index contributed by atoms with van der Waals surface area (Å²) in [6, 6.07) is 4.09. The fourth-order valence-corrected chi connectivity index (χ4v) is 3.00. The van der Waals surface area contributed by atoms with E-state index < -0.39 is 23.9 Å². The number of carbonyl (C=O) groups excluding carboxylic acids is 1. The van der Waals surface area contributed by atoms with Gasteiger partial charge in [-0.15, -0.1) is 11.8 Å². The summed E-state index contributed by atoms with van der Waals surface area (Å²) in [5, 5.41) is 0. The molecule has 3 nitrogen and oxygen atoms in total. The lowest BCUT2D eigenvalue weighted by Gasteiger charge is -2.28. The molecule has 6 heteroatoms. The summed E-state index contributed by atoms with van der Waals surface area (Å²) in [7, 11) is 0.